The Balaban J connectivity index is 1.45. The summed E-state index contributed by atoms with van der Waals surface area (Å²) in [7, 11) is -3.62. The van der Waals surface area contributed by atoms with Crippen molar-refractivity contribution in [3.63, 3.8) is 0 Å². The highest BCUT2D eigenvalue weighted by Gasteiger charge is 2.41. The van der Waals surface area contributed by atoms with Crippen LogP contribution in [0.25, 0.3) is 0 Å². The maximum absolute atomic E-state index is 13.1. The molecular formula is C22H25N3O5S. The molecular weight excluding hydrogens is 418 g/mol. The van der Waals surface area contributed by atoms with E-state index in [1.165, 1.54) is 11.2 Å². The van der Waals surface area contributed by atoms with E-state index in [-0.39, 0.29) is 42.0 Å². The van der Waals surface area contributed by atoms with Gasteiger partial charge < -0.3 is 15.0 Å². The maximum Gasteiger partial charge on any atom is 0.254 e. The molecule has 31 heavy (non-hydrogen) atoms. The Morgan fingerprint density at radius 2 is 1.65 bits per heavy atom. The van der Waals surface area contributed by atoms with Gasteiger partial charge in [0.2, 0.25) is 15.9 Å². The van der Waals surface area contributed by atoms with E-state index in [0.29, 0.717) is 24.3 Å². The van der Waals surface area contributed by atoms with E-state index in [1.807, 2.05) is 13.0 Å². The van der Waals surface area contributed by atoms with E-state index >= 15 is 0 Å². The number of aryl methyl sites for hydroxylation is 1. The summed E-state index contributed by atoms with van der Waals surface area (Å²) in [5.74, 6) is -0.312. The van der Waals surface area contributed by atoms with Crippen LogP contribution in [0.3, 0.4) is 0 Å². The van der Waals surface area contributed by atoms with Crippen LogP contribution in [0.1, 0.15) is 22.8 Å². The second kappa shape index (κ2) is 8.41. The molecule has 2 aliphatic rings. The number of sulfonamides is 1. The van der Waals surface area contributed by atoms with Crippen molar-refractivity contribution in [2.45, 2.75) is 31.0 Å². The van der Waals surface area contributed by atoms with Gasteiger partial charge in [-0.2, -0.15) is 4.31 Å². The van der Waals surface area contributed by atoms with Crippen molar-refractivity contribution in [1.29, 1.82) is 0 Å². The lowest BCUT2D eigenvalue weighted by molar-refractivity contribution is -0.114. The summed E-state index contributed by atoms with van der Waals surface area (Å²) in [5, 5.41) is 2.67. The summed E-state index contributed by atoms with van der Waals surface area (Å²) in [6, 6.07) is 13.6. The number of anilines is 1. The van der Waals surface area contributed by atoms with Crippen molar-refractivity contribution in [2.75, 3.05) is 31.5 Å². The van der Waals surface area contributed by atoms with Crippen molar-refractivity contribution in [2.24, 2.45) is 0 Å². The largest absolute Gasteiger partial charge is 0.369 e. The third-order valence-corrected chi connectivity index (χ3v) is 7.24. The molecule has 2 atom stereocenters. The van der Waals surface area contributed by atoms with Crippen LogP contribution in [-0.2, 0) is 19.6 Å². The van der Waals surface area contributed by atoms with Crippen LogP contribution < -0.4 is 5.32 Å². The van der Waals surface area contributed by atoms with Crippen LogP contribution in [0, 0.1) is 6.92 Å². The van der Waals surface area contributed by atoms with E-state index in [0.717, 1.165) is 5.56 Å². The smallest absolute Gasteiger partial charge is 0.254 e. The highest BCUT2D eigenvalue weighted by molar-refractivity contribution is 7.89. The molecule has 164 valence electrons. The van der Waals surface area contributed by atoms with Crippen molar-refractivity contribution in [1.82, 2.24) is 9.21 Å². The first-order valence-corrected chi connectivity index (χ1v) is 11.6. The summed E-state index contributed by atoms with van der Waals surface area (Å²) in [6.45, 7) is 4.34. The number of hydrogen-bond donors (Lipinski definition) is 1. The number of nitrogens with one attached hydrogen (secondary N) is 1. The van der Waals surface area contributed by atoms with Crippen molar-refractivity contribution in [3.05, 3.63) is 59.7 Å². The zero-order chi connectivity index (χ0) is 22.2. The third-order valence-electron chi connectivity index (χ3n) is 5.41. The minimum absolute atomic E-state index is 0.136. The Hall–Kier alpha value is -2.75. The van der Waals surface area contributed by atoms with Crippen LogP contribution in [0.4, 0.5) is 5.69 Å². The van der Waals surface area contributed by atoms with Gasteiger partial charge >= 0.3 is 0 Å². The lowest BCUT2D eigenvalue weighted by atomic mass is 10.1. The van der Waals surface area contributed by atoms with Crippen molar-refractivity contribution in [3.8, 4) is 0 Å². The first-order chi connectivity index (χ1) is 14.7. The number of hydrogen-bond acceptors (Lipinski definition) is 5. The number of carbonyl (C=O) groups is 2. The molecule has 2 aliphatic heterocycles. The summed E-state index contributed by atoms with van der Waals surface area (Å²) in [6.07, 6.45) is -0.760. The molecule has 0 unspecified atom stereocenters. The van der Waals surface area contributed by atoms with Gasteiger partial charge in [-0.1, -0.05) is 12.1 Å². The Bertz CT molecular complexity index is 1090. The number of morpholine rings is 2. The summed E-state index contributed by atoms with van der Waals surface area (Å²) in [4.78, 5) is 26.1. The molecule has 4 rings (SSSR count). The molecule has 2 aromatic carbocycles. The Labute approximate surface area is 181 Å². The van der Waals surface area contributed by atoms with Crippen LogP contribution in [-0.4, -0.2) is 67.8 Å². The molecule has 8 nitrogen and oxygen atoms in total. The molecule has 2 amide bonds. The third kappa shape index (κ3) is 4.63. The van der Waals surface area contributed by atoms with Gasteiger partial charge in [0.15, 0.2) is 0 Å². The molecule has 0 spiro atoms. The Morgan fingerprint density at radius 1 is 1.00 bits per heavy atom. The van der Waals surface area contributed by atoms with Gasteiger partial charge in [-0.15, -0.1) is 0 Å². The maximum atomic E-state index is 13.1. The molecule has 2 aromatic rings. The molecule has 2 saturated heterocycles. The molecule has 2 bridgehead atoms. The molecule has 0 saturated carbocycles. The Kier molecular flexibility index (Phi) is 5.83. The van der Waals surface area contributed by atoms with Crippen molar-refractivity contribution < 1.29 is 22.7 Å². The topological polar surface area (TPSA) is 96.0 Å². The molecule has 2 fully saturated rings. The van der Waals surface area contributed by atoms with E-state index in [2.05, 4.69) is 5.32 Å². The first-order valence-electron chi connectivity index (χ1n) is 10.1. The van der Waals surface area contributed by atoms with Crippen LogP contribution >= 0.6 is 0 Å². The van der Waals surface area contributed by atoms with Crippen LogP contribution in [0.2, 0.25) is 0 Å². The fourth-order valence-corrected chi connectivity index (χ4v) is 5.63. The number of nitrogens with zero attached hydrogens (tertiary/aromatic N) is 2. The number of rotatable bonds is 4. The highest BCUT2D eigenvalue weighted by Crippen LogP contribution is 2.26. The van der Waals surface area contributed by atoms with Gasteiger partial charge in [-0.05, 0) is 48.9 Å². The highest BCUT2D eigenvalue weighted by atomic mass is 32.2. The lowest BCUT2D eigenvalue weighted by Gasteiger charge is -2.45. The number of carbonyl (C=O) groups excluding carboxylic acids is 2. The summed E-state index contributed by atoms with van der Waals surface area (Å²) in [5.41, 5.74) is 2.02. The SMILES string of the molecule is CC(=O)Nc1ccc(C(=O)N2C[C@@H]3CN(S(=O)(=O)c4cccc(C)c4)C[C@H](C2)O3)cc1. The van der Waals surface area contributed by atoms with Crippen LogP contribution in [0.15, 0.2) is 53.4 Å². The predicted octanol–water partition coefficient (Wildman–Crippen LogP) is 1.87. The van der Waals surface area contributed by atoms with Gasteiger partial charge in [0.25, 0.3) is 5.91 Å². The molecule has 0 aliphatic carbocycles. The lowest BCUT2D eigenvalue weighted by Crippen LogP contribution is -2.61. The molecule has 0 radical (unpaired) electrons. The first kappa shape index (κ1) is 21.5. The van der Waals surface area contributed by atoms with Crippen molar-refractivity contribution >= 4 is 27.5 Å². The van der Waals surface area contributed by atoms with Crippen LogP contribution in [0.5, 0.6) is 0 Å². The van der Waals surface area contributed by atoms with Gasteiger partial charge in [-0.3, -0.25) is 9.59 Å². The van der Waals surface area contributed by atoms with Gasteiger partial charge in [0, 0.05) is 44.4 Å². The average Bonchev–Trinajstić information content (AvgIpc) is 2.72. The second-order valence-electron chi connectivity index (χ2n) is 7.99. The second-order valence-corrected chi connectivity index (χ2v) is 9.93. The molecule has 9 heteroatoms. The number of amides is 2. The zero-order valence-electron chi connectivity index (χ0n) is 17.4. The molecule has 1 N–H and O–H groups in total. The van der Waals surface area contributed by atoms with Gasteiger partial charge in [0.1, 0.15) is 0 Å². The number of ether oxygens (including phenoxy) is 1. The fourth-order valence-electron chi connectivity index (χ4n) is 4.02. The number of benzene rings is 2. The quantitative estimate of drug-likeness (QED) is 0.778. The summed E-state index contributed by atoms with van der Waals surface area (Å²) >= 11 is 0. The van der Waals surface area contributed by atoms with E-state index < -0.39 is 10.0 Å². The van der Waals surface area contributed by atoms with Gasteiger partial charge in [-0.25, -0.2) is 8.42 Å². The Morgan fingerprint density at radius 3 is 2.23 bits per heavy atom. The molecule has 0 aromatic heterocycles. The molecule has 2 heterocycles. The summed E-state index contributed by atoms with van der Waals surface area (Å²) < 4.78 is 33.6. The standard InChI is InChI=1S/C22H25N3O5S/c1-15-4-3-5-21(10-15)31(28,29)25-13-19-11-24(12-20(14-25)30-19)22(27)17-6-8-18(9-7-17)23-16(2)26/h3-10,19-20H,11-14H2,1-2H3,(H,23,26)/t19-,20+. The van der Waals surface area contributed by atoms with Gasteiger partial charge in [0.05, 0.1) is 17.1 Å². The predicted molar refractivity (Wildman–Crippen MR) is 115 cm³/mol. The number of fused-ring (bicyclic) bond motifs is 2. The monoisotopic (exact) mass is 443 g/mol. The average molecular weight is 444 g/mol. The zero-order valence-corrected chi connectivity index (χ0v) is 18.3. The van der Waals surface area contributed by atoms with E-state index in [4.69, 9.17) is 4.74 Å². The van der Waals surface area contributed by atoms with E-state index in [9.17, 15) is 18.0 Å². The minimum Gasteiger partial charge on any atom is -0.369 e. The van der Waals surface area contributed by atoms with E-state index in [1.54, 1.807) is 47.4 Å². The fraction of sp³-hybridized carbons (Fsp3) is 0.364. The minimum atomic E-state index is -3.62. The normalized spacial score (nSPS) is 21.5.